The number of anilines is 1. The summed E-state index contributed by atoms with van der Waals surface area (Å²) < 4.78 is 5.64. The van der Waals surface area contributed by atoms with E-state index in [1.165, 1.54) is 0 Å². The normalized spacial score (nSPS) is 16.9. The molecule has 0 fully saturated rings. The van der Waals surface area contributed by atoms with Gasteiger partial charge in [0.15, 0.2) is 5.78 Å². The smallest absolute Gasteiger partial charge is 0.163 e. The number of carbonyl (C=O) groups is 1. The molecule has 0 saturated heterocycles. The third-order valence-electron chi connectivity index (χ3n) is 4.12. The average Bonchev–Trinajstić information content (AvgIpc) is 2.50. The average molecular weight is 281 g/mol. The van der Waals surface area contributed by atoms with Crippen molar-refractivity contribution in [2.45, 2.75) is 25.7 Å². The van der Waals surface area contributed by atoms with Crippen LogP contribution in [0.25, 0.3) is 0 Å². The van der Waals surface area contributed by atoms with Crippen LogP contribution in [0.1, 0.15) is 40.2 Å². The second-order valence-corrected chi connectivity index (χ2v) is 5.57. The van der Waals surface area contributed by atoms with Gasteiger partial charge < -0.3 is 10.5 Å². The standard InChI is InChI=1S/C18H19NO2/c1-12-6-7-14(10-16(12)19)17(20)11-13-8-9-21-18-5-3-2-4-15(13)18/h2-7,10,13H,8-9,11,19H2,1H3. The number of ketones is 1. The third-order valence-corrected chi connectivity index (χ3v) is 4.12. The molecule has 1 unspecified atom stereocenters. The fourth-order valence-corrected chi connectivity index (χ4v) is 2.78. The van der Waals surface area contributed by atoms with Gasteiger partial charge in [0.05, 0.1) is 6.61 Å². The Morgan fingerprint density at radius 3 is 2.90 bits per heavy atom. The SMILES string of the molecule is Cc1ccc(C(=O)CC2CCOc3ccccc32)cc1N. The summed E-state index contributed by atoms with van der Waals surface area (Å²) >= 11 is 0. The van der Waals surface area contributed by atoms with Crippen LogP contribution in [0.2, 0.25) is 0 Å². The van der Waals surface area contributed by atoms with Crippen LogP contribution in [0, 0.1) is 6.92 Å². The van der Waals surface area contributed by atoms with Gasteiger partial charge >= 0.3 is 0 Å². The van der Waals surface area contributed by atoms with Gasteiger partial charge in [-0.05, 0) is 42.5 Å². The first-order chi connectivity index (χ1) is 10.1. The highest BCUT2D eigenvalue weighted by Crippen LogP contribution is 2.36. The molecule has 1 atom stereocenters. The zero-order chi connectivity index (χ0) is 14.8. The van der Waals surface area contributed by atoms with E-state index in [0.29, 0.717) is 24.3 Å². The van der Waals surface area contributed by atoms with Gasteiger partial charge in [-0.1, -0.05) is 30.3 Å². The monoisotopic (exact) mass is 281 g/mol. The van der Waals surface area contributed by atoms with Gasteiger partial charge in [0, 0.05) is 17.7 Å². The lowest BCUT2D eigenvalue weighted by molar-refractivity contribution is 0.0966. The molecule has 0 spiro atoms. The predicted molar refractivity (Wildman–Crippen MR) is 83.8 cm³/mol. The second kappa shape index (κ2) is 5.60. The highest BCUT2D eigenvalue weighted by Gasteiger charge is 2.24. The van der Waals surface area contributed by atoms with Gasteiger partial charge in [0.25, 0.3) is 0 Å². The van der Waals surface area contributed by atoms with Gasteiger partial charge in [-0.25, -0.2) is 0 Å². The molecule has 0 aromatic heterocycles. The lowest BCUT2D eigenvalue weighted by Gasteiger charge is -2.25. The van der Waals surface area contributed by atoms with Gasteiger partial charge in [-0.15, -0.1) is 0 Å². The van der Waals surface area contributed by atoms with Crippen LogP contribution in [0.3, 0.4) is 0 Å². The fraction of sp³-hybridized carbons (Fsp3) is 0.278. The summed E-state index contributed by atoms with van der Waals surface area (Å²) in [6.45, 7) is 2.61. The molecule has 1 aliphatic heterocycles. The van der Waals surface area contributed by atoms with E-state index < -0.39 is 0 Å². The largest absolute Gasteiger partial charge is 0.493 e. The molecule has 2 N–H and O–H groups in total. The van der Waals surface area contributed by atoms with E-state index >= 15 is 0 Å². The molecule has 0 bridgehead atoms. The molecule has 0 radical (unpaired) electrons. The van der Waals surface area contributed by atoms with Crippen LogP contribution in [-0.4, -0.2) is 12.4 Å². The Morgan fingerprint density at radius 1 is 1.29 bits per heavy atom. The molecule has 3 nitrogen and oxygen atoms in total. The van der Waals surface area contributed by atoms with Crippen molar-refractivity contribution in [3.8, 4) is 5.75 Å². The molecule has 2 aromatic carbocycles. The Hall–Kier alpha value is -2.29. The van der Waals surface area contributed by atoms with Crippen molar-refractivity contribution in [1.82, 2.24) is 0 Å². The van der Waals surface area contributed by atoms with Crippen LogP contribution in [0.4, 0.5) is 5.69 Å². The maximum atomic E-state index is 12.5. The zero-order valence-electron chi connectivity index (χ0n) is 12.1. The summed E-state index contributed by atoms with van der Waals surface area (Å²) in [5.41, 5.74) is 9.41. The summed E-state index contributed by atoms with van der Waals surface area (Å²) in [6.07, 6.45) is 1.38. The predicted octanol–water partition coefficient (Wildman–Crippen LogP) is 3.72. The minimum atomic E-state index is 0.142. The van der Waals surface area contributed by atoms with E-state index in [9.17, 15) is 4.79 Å². The van der Waals surface area contributed by atoms with Crippen molar-refractivity contribution >= 4 is 11.5 Å². The molecule has 1 aliphatic rings. The maximum Gasteiger partial charge on any atom is 0.163 e. The van der Waals surface area contributed by atoms with Gasteiger partial charge in [-0.2, -0.15) is 0 Å². The van der Waals surface area contributed by atoms with E-state index in [-0.39, 0.29) is 11.7 Å². The number of nitrogen functional groups attached to an aromatic ring is 1. The molecule has 0 saturated carbocycles. The van der Waals surface area contributed by atoms with Crippen LogP contribution in [-0.2, 0) is 0 Å². The minimum Gasteiger partial charge on any atom is -0.493 e. The first kappa shape index (κ1) is 13.7. The number of aryl methyl sites for hydroxylation is 1. The molecule has 2 aromatic rings. The topological polar surface area (TPSA) is 52.3 Å². The Morgan fingerprint density at radius 2 is 2.10 bits per heavy atom. The van der Waals surface area contributed by atoms with Crippen molar-refractivity contribution in [2.24, 2.45) is 0 Å². The number of para-hydroxylation sites is 1. The number of fused-ring (bicyclic) bond motifs is 1. The first-order valence-corrected chi connectivity index (χ1v) is 7.26. The van der Waals surface area contributed by atoms with Crippen molar-refractivity contribution in [3.05, 3.63) is 59.2 Å². The van der Waals surface area contributed by atoms with Crippen molar-refractivity contribution in [1.29, 1.82) is 0 Å². The zero-order valence-corrected chi connectivity index (χ0v) is 12.1. The van der Waals surface area contributed by atoms with E-state index in [1.807, 2.05) is 37.3 Å². The molecule has 0 aliphatic carbocycles. The summed E-state index contributed by atoms with van der Waals surface area (Å²) in [7, 11) is 0. The number of nitrogens with two attached hydrogens (primary N) is 1. The van der Waals surface area contributed by atoms with E-state index in [0.717, 1.165) is 23.3 Å². The number of hydrogen-bond donors (Lipinski definition) is 1. The number of hydrogen-bond acceptors (Lipinski definition) is 3. The van der Waals surface area contributed by atoms with Crippen molar-refractivity contribution in [2.75, 3.05) is 12.3 Å². The van der Waals surface area contributed by atoms with Crippen LogP contribution in [0.15, 0.2) is 42.5 Å². The number of rotatable bonds is 3. The summed E-state index contributed by atoms with van der Waals surface area (Å²) in [5, 5.41) is 0. The molecule has 3 heteroatoms. The summed E-state index contributed by atoms with van der Waals surface area (Å²) in [6, 6.07) is 13.5. The fourth-order valence-electron chi connectivity index (χ4n) is 2.78. The Kier molecular flexibility index (Phi) is 3.65. The van der Waals surface area contributed by atoms with Crippen LogP contribution < -0.4 is 10.5 Å². The summed E-state index contributed by atoms with van der Waals surface area (Å²) in [4.78, 5) is 12.5. The summed E-state index contributed by atoms with van der Waals surface area (Å²) in [5.74, 6) is 1.28. The van der Waals surface area contributed by atoms with Gasteiger partial charge in [0.2, 0.25) is 0 Å². The molecule has 1 heterocycles. The van der Waals surface area contributed by atoms with Crippen molar-refractivity contribution < 1.29 is 9.53 Å². The second-order valence-electron chi connectivity index (χ2n) is 5.57. The van der Waals surface area contributed by atoms with Gasteiger partial charge in [-0.3, -0.25) is 4.79 Å². The number of ether oxygens (including phenoxy) is 1. The lowest BCUT2D eigenvalue weighted by Crippen LogP contribution is -2.17. The molecule has 108 valence electrons. The number of Topliss-reactive ketones (excluding diaryl/α,β-unsaturated/α-hetero) is 1. The van der Waals surface area contributed by atoms with Crippen LogP contribution >= 0.6 is 0 Å². The minimum absolute atomic E-state index is 0.142. The molecule has 21 heavy (non-hydrogen) atoms. The molecule has 0 amide bonds. The lowest BCUT2D eigenvalue weighted by atomic mass is 9.87. The molecular formula is C18H19NO2. The van der Waals surface area contributed by atoms with Crippen molar-refractivity contribution in [3.63, 3.8) is 0 Å². The first-order valence-electron chi connectivity index (χ1n) is 7.26. The van der Waals surface area contributed by atoms with E-state index in [4.69, 9.17) is 10.5 Å². The highest BCUT2D eigenvalue weighted by molar-refractivity contribution is 5.97. The molecular weight excluding hydrogens is 262 g/mol. The number of benzene rings is 2. The highest BCUT2D eigenvalue weighted by atomic mass is 16.5. The molecule has 3 rings (SSSR count). The van der Waals surface area contributed by atoms with E-state index in [2.05, 4.69) is 6.07 Å². The Bertz CT molecular complexity index is 679. The van der Waals surface area contributed by atoms with E-state index in [1.54, 1.807) is 6.07 Å². The Labute approximate surface area is 124 Å². The Balaban J connectivity index is 1.81. The number of carbonyl (C=O) groups excluding carboxylic acids is 1. The maximum absolute atomic E-state index is 12.5. The quantitative estimate of drug-likeness (QED) is 0.689. The van der Waals surface area contributed by atoms with Gasteiger partial charge in [0.1, 0.15) is 5.75 Å². The van der Waals surface area contributed by atoms with Crippen LogP contribution in [0.5, 0.6) is 5.75 Å². The third kappa shape index (κ3) is 2.77.